The summed E-state index contributed by atoms with van der Waals surface area (Å²) in [4.78, 5) is 4.07. The third kappa shape index (κ3) is 5.46. The average Bonchev–Trinajstić information content (AvgIpc) is 3.39. The first-order chi connectivity index (χ1) is 20.0. The first-order valence-corrected chi connectivity index (χ1v) is 12.3. The average molecular weight is 585 g/mol. The number of nitrogens with zero attached hydrogens (tertiary/aromatic N) is 6. The van der Waals surface area contributed by atoms with Crippen molar-refractivity contribution in [2.24, 2.45) is 5.10 Å². The molecule has 0 amide bonds. The van der Waals surface area contributed by atoms with Gasteiger partial charge < -0.3 is 29.9 Å². The van der Waals surface area contributed by atoms with Crippen molar-refractivity contribution in [3.8, 4) is 17.5 Å². The van der Waals surface area contributed by atoms with Gasteiger partial charge in [0, 0.05) is 0 Å². The van der Waals surface area contributed by atoms with Gasteiger partial charge in [0.05, 0.1) is 35.5 Å². The van der Waals surface area contributed by atoms with Gasteiger partial charge in [0.2, 0.25) is 6.29 Å². The Hall–Kier alpha value is -4.66. The predicted molar refractivity (Wildman–Crippen MR) is 136 cm³/mol. The summed E-state index contributed by atoms with van der Waals surface area (Å²) in [5, 5.41) is 63.8. The van der Waals surface area contributed by atoms with Crippen molar-refractivity contribution >= 4 is 17.2 Å². The van der Waals surface area contributed by atoms with E-state index in [4.69, 9.17) is 20.1 Å². The molecular formula is C26H22F3N7O6. The lowest BCUT2D eigenvalue weighted by atomic mass is 9.99. The Balaban J connectivity index is 1.40. The van der Waals surface area contributed by atoms with Crippen LogP contribution in [0.4, 0.5) is 13.2 Å². The largest absolute Gasteiger partial charge is 0.462 e. The Labute approximate surface area is 234 Å². The number of hydrogen-bond acceptors (Lipinski definition) is 11. The Morgan fingerprint density at radius 2 is 1.76 bits per heavy atom. The molecule has 0 saturated carbocycles. The van der Waals surface area contributed by atoms with Crippen molar-refractivity contribution < 1.29 is 43.1 Å². The fourth-order valence-electron chi connectivity index (χ4n) is 4.23. The highest BCUT2D eigenvalue weighted by molar-refractivity contribution is 5.81. The lowest BCUT2D eigenvalue weighted by molar-refractivity contribution is -0.277. The maximum absolute atomic E-state index is 13.9. The standard InChI is InChI=1S/C26H22F3N7O6/c27-26(28,29)22-18-23(31)35(12-32-24(18)36(34-22)15-5-1-13(9-30)2-6-15)33-10-14-3-7-16(8-4-14)41-25-21(40)20(39)19(38)17(11-37)42-25/h1-8,10,12,17,19-21,25,31,37-40H,11H2/b31-23?,33-10-. The molecule has 0 spiro atoms. The van der Waals surface area contributed by atoms with Crippen molar-refractivity contribution in [1.82, 2.24) is 19.4 Å². The number of benzene rings is 2. The van der Waals surface area contributed by atoms with E-state index < -0.39 is 60.1 Å². The molecule has 1 aliphatic heterocycles. The highest BCUT2D eigenvalue weighted by Crippen LogP contribution is 2.33. The second kappa shape index (κ2) is 11.3. The number of nitriles is 1. The number of hydrogen-bond donors (Lipinski definition) is 5. The van der Waals surface area contributed by atoms with Crippen LogP contribution in [0.1, 0.15) is 16.8 Å². The zero-order valence-corrected chi connectivity index (χ0v) is 21.3. The van der Waals surface area contributed by atoms with Crippen LogP contribution in [-0.4, -0.2) is 83.4 Å². The van der Waals surface area contributed by atoms with Gasteiger partial charge in [-0.25, -0.2) is 14.3 Å². The molecule has 1 aliphatic rings. The summed E-state index contributed by atoms with van der Waals surface area (Å²) in [6.45, 7) is -0.614. The molecule has 16 heteroatoms. The third-order valence-electron chi connectivity index (χ3n) is 6.44. The Morgan fingerprint density at radius 1 is 1.07 bits per heavy atom. The van der Waals surface area contributed by atoms with E-state index in [0.29, 0.717) is 11.1 Å². The summed E-state index contributed by atoms with van der Waals surface area (Å²) >= 11 is 0. The lowest BCUT2D eigenvalue weighted by Gasteiger charge is -2.39. The number of aliphatic hydroxyl groups excluding tert-OH is 4. The monoisotopic (exact) mass is 585 g/mol. The number of ether oxygens (including phenoxy) is 2. The van der Waals surface area contributed by atoms with Crippen LogP contribution in [0.5, 0.6) is 5.75 Å². The summed E-state index contributed by atoms with van der Waals surface area (Å²) in [6, 6.07) is 13.6. The Bertz CT molecular complexity index is 1710. The molecule has 0 bridgehead atoms. The fraction of sp³-hybridized carbons (Fsp3) is 0.269. The molecule has 5 unspecified atom stereocenters. The summed E-state index contributed by atoms with van der Waals surface area (Å²) < 4.78 is 54.3. The minimum atomic E-state index is -4.90. The van der Waals surface area contributed by atoms with Crippen molar-refractivity contribution in [3.05, 3.63) is 77.2 Å². The van der Waals surface area contributed by atoms with Gasteiger partial charge in [0.25, 0.3) is 0 Å². The molecule has 5 atom stereocenters. The maximum atomic E-state index is 13.9. The molecule has 0 radical (unpaired) electrons. The van der Waals surface area contributed by atoms with Crippen LogP contribution in [-0.2, 0) is 10.9 Å². The van der Waals surface area contributed by atoms with Gasteiger partial charge in [-0.2, -0.15) is 28.6 Å². The van der Waals surface area contributed by atoms with Gasteiger partial charge in [0.15, 0.2) is 16.8 Å². The number of alkyl halides is 3. The van der Waals surface area contributed by atoms with Crippen LogP contribution >= 0.6 is 0 Å². The van der Waals surface area contributed by atoms with Crippen LogP contribution in [0, 0.1) is 16.7 Å². The number of aromatic nitrogens is 4. The van der Waals surface area contributed by atoms with Crippen molar-refractivity contribution in [2.45, 2.75) is 36.9 Å². The van der Waals surface area contributed by atoms with Crippen LogP contribution < -0.4 is 10.2 Å². The number of fused-ring (bicyclic) bond motifs is 1. The number of aliphatic hydroxyl groups is 4. The summed E-state index contributed by atoms with van der Waals surface area (Å²) in [6.07, 6.45) is -9.82. The third-order valence-corrected chi connectivity index (χ3v) is 6.44. The van der Waals surface area contributed by atoms with E-state index in [2.05, 4.69) is 15.2 Å². The van der Waals surface area contributed by atoms with Gasteiger partial charge in [-0.05, 0) is 54.1 Å². The van der Waals surface area contributed by atoms with Crippen LogP contribution in [0.25, 0.3) is 16.7 Å². The van der Waals surface area contributed by atoms with E-state index in [9.17, 15) is 33.6 Å². The normalized spacial score (nSPS) is 22.9. The van der Waals surface area contributed by atoms with Crippen molar-refractivity contribution in [3.63, 3.8) is 0 Å². The summed E-state index contributed by atoms with van der Waals surface area (Å²) in [7, 11) is 0. The maximum Gasteiger partial charge on any atom is 0.436 e. The predicted octanol–water partition coefficient (Wildman–Crippen LogP) is 0.653. The molecule has 3 heterocycles. The van der Waals surface area contributed by atoms with Gasteiger partial charge in [-0.1, -0.05) is 0 Å². The van der Waals surface area contributed by atoms with Gasteiger partial charge in [-0.15, -0.1) is 0 Å². The lowest BCUT2D eigenvalue weighted by Crippen LogP contribution is -2.60. The molecule has 5 rings (SSSR count). The first kappa shape index (κ1) is 28.9. The SMILES string of the molecule is N#Cc1ccc(-n2nc(C(F)(F)F)c3c(=N)n(/N=C\c4ccc(OC5OC(CO)C(O)C(O)C5O)cc4)cnc32)cc1. The molecule has 218 valence electrons. The van der Waals surface area contributed by atoms with Crippen molar-refractivity contribution in [1.29, 1.82) is 10.7 Å². The summed E-state index contributed by atoms with van der Waals surface area (Å²) in [5.74, 6) is 0.193. The second-order valence-corrected chi connectivity index (χ2v) is 9.18. The van der Waals surface area contributed by atoms with E-state index in [-0.39, 0.29) is 17.1 Å². The molecule has 2 aromatic carbocycles. The van der Waals surface area contributed by atoms with Gasteiger partial charge in [0.1, 0.15) is 36.5 Å². The molecule has 42 heavy (non-hydrogen) atoms. The molecule has 2 aromatic heterocycles. The number of halogens is 3. The van der Waals surface area contributed by atoms with Gasteiger partial charge in [-0.3, -0.25) is 5.41 Å². The topological polar surface area (TPSA) is 195 Å². The van der Waals surface area contributed by atoms with Crippen molar-refractivity contribution in [2.75, 3.05) is 6.61 Å². The molecular weight excluding hydrogens is 563 g/mol. The number of nitrogens with one attached hydrogen (secondary N) is 1. The van der Waals surface area contributed by atoms with E-state index in [1.165, 1.54) is 54.7 Å². The molecule has 4 aromatic rings. The Morgan fingerprint density at radius 3 is 2.38 bits per heavy atom. The number of rotatable bonds is 6. The fourth-order valence-corrected chi connectivity index (χ4v) is 4.23. The van der Waals surface area contributed by atoms with E-state index in [1.54, 1.807) is 0 Å². The molecule has 0 aliphatic carbocycles. The van der Waals surface area contributed by atoms with Gasteiger partial charge >= 0.3 is 6.18 Å². The minimum absolute atomic E-state index is 0.193. The minimum Gasteiger partial charge on any atom is -0.462 e. The van der Waals surface area contributed by atoms with Crippen LogP contribution in [0.3, 0.4) is 0 Å². The van der Waals surface area contributed by atoms with Crippen LogP contribution in [0.2, 0.25) is 0 Å². The second-order valence-electron chi connectivity index (χ2n) is 9.18. The molecule has 5 N–H and O–H groups in total. The Kier molecular flexibility index (Phi) is 7.77. The van der Waals surface area contributed by atoms with E-state index in [0.717, 1.165) is 15.7 Å². The quantitative estimate of drug-likeness (QED) is 0.202. The highest BCUT2D eigenvalue weighted by Gasteiger charge is 2.44. The molecule has 13 nitrogen and oxygen atoms in total. The van der Waals surface area contributed by atoms with E-state index >= 15 is 0 Å². The van der Waals surface area contributed by atoms with Crippen LogP contribution in [0.15, 0.2) is 60.0 Å². The molecule has 1 fully saturated rings. The van der Waals surface area contributed by atoms with E-state index in [1.807, 2.05) is 6.07 Å². The molecule has 1 saturated heterocycles. The smallest absolute Gasteiger partial charge is 0.436 e. The summed E-state index contributed by atoms with van der Waals surface area (Å²) in [5.41, 5.74) is -1.19. The first-order valence-electron chi connectivity index (χ1n) is 12.3. The zero-order chi connectivity index (χ0) is 30.2. The zero-order valence-electron chi connectivity index (χ0n) is 21.3. The highest BCUT2D eigenvalue weighted by atomic mass is 19.4.